The molecule has 0 N–H and O–H groups in total. The van der Waals surface area contributed by atoms with Gasteiger partial charge in [-0.2, -0.15) is 0 Å². The maximum Gasteiger partial charge on any atom is 0.122 e. The Balaban J connectivity index is 1.65. The van der Waals surface area contributed by atoms with Crippen LogP contribution in [0.25, 0.3) is 11.1 Å². The first-order chi connectivity index (χ1) is 12.5. The van der Waals surface area contributed by atoms with Crippen LogP contribution in [0.5, 0.6) is 5.75 Å². The fourth-order valence-corrected chi connectivity index (χ4v) is 4.45. The average Bonchev–Trinajstić information content (AvgIpc) is 2.94. The molecule has 1 heterocycles. The minimum Gasteiger partial charge on any atom is -0.493 e. The van der Waals surface area contributed by atoms with Crippen molar-refractivity contribution in [3.8, 4) is 16.9 Å². The largest absolute Gasteiger partial charge is 0.493 e. The van der Waals surface area contributed by atoms with Gasteiger partial charge in [-0.1, -0.05) is 40.2 Å². The van der Waals surface area contributed by atoms with Gasteiger partial charge >= 0.3 is 0 Å². The fourth-order valence-electron chi connectivity index (χ4n) is 4.08. The molecule has 1 fully saturated rings. The molecule has 0 amide bonds. The predicted molar refractivity (Wildman–Crippen MR) is 114 cm³/mol. The molecule has 3 rings (SSSR count). The molecular weight excluding hydrogens is 386 g/mol. The molecule has 0 bridgehead atoms. The van der Waals surface area contributed by atoms with E-state index in [0.29, 0.717) is 0 Å². The Morgan fingerprint density at radius 3 is 2.27 bits per heavy atom. The Morgan fingerprint density at radius 2 is 1.58 bits per heavy atom. The van der Waals surface area contributed by atoms with Crippen molar-refractivity contribution < 1.29 is 4.74 Å². The molecule has 1 aliphatic rings. The SMILES string of the molecule is Cc1c(Br)cccc1-c1cccc(OCCCN2[C@H](C)CC[C@H]2C)c1C. The molecule has 26 heavy (non-hydrogen) atoms. The van der Waals surface area contributed by atoms with Crippen molar-refractivity contribution in [3.63, 3.8) is 0 Å². The van der Waals surface area contributed by atoms with E-state index < -0.39 is 0 Å². The van der Waals surface area contributed by atoms with Gasteiger partial charge in [-0.25, -0.2) is 0 Å². The molecule has 1 aliphatic heterocycles. The Morgan fingerprint density at radius 1 is 0.962 bits per heavy atom. The molecular formula is C23H30BrNO. The summed E-state index contributed by atoms with van der Waals surface area (Å²) >= 11 is 3.64. The smallest absolute Gasteiger partial charge is 0.122 e. The van der Waals surface area contributed by atoms with Crippen molar-refractivity contribution in [1.82, 2.24) is 4.90 Å². The summed E-state index contributed by atoms with van der Waals surface area (Å²) in [6, 6.07) is 14.2. The van der Waals surface area contributed by atoms with E-state index in [1.165, 1.54) is 35.1 Å². The van der Waals surface area contributed by atoms with Crippen molar-refractivity contribution in [2.75, 3.05) is 13.2 Å². The summed E-state index contributed by atoms with van der Waals surface area (Å²) < 4.78 is 7.31. The van der Waals surface area contributed by atoms with Crippen LogP contribution in [0.3, 0.4) is 0 Å². The van der Waals surface area contributed by atoms with Crippen LogP contribution in [0.4, 0.5) is 0 Å². The topological polar surface area (TPSA) is 12.5 Å². The number of rotatable bonds is 6. The highest BCUT2D eigenvalue weighted by molar-refractivity contribution is 9.10. The lowest BCUT2D eigenvalue weighted by Crippen LogP contribution is -2.34. The molecule has 0 saturated carbocycles. The molecule has 2 nitrogen and oxygen atoms in total. The molecule has 3 heteroatoms. The van der Waals surface area contributed by atoms with Crippen LogP contribution in [-0.2, 0) is 0 Å². The molecule has 0 aromatic heterocycles. The van der Waals surface area contributed by atoms with Crippen molar-refractivity contribution >= 4 is 15.9 Å². The number of nitrogens with zero attached hydrogens (tertiary/aromatic N) is 1. The molecule has 140 valence electrons. The summed E-state index contributed by atoms with van der Waals surface area (Å²) in [6.45, 7) is 10.9. The third-order valence-corrected chi connectivity index (χ3v) is 6.65. The second-order valence-corrected chi connectivity index (χ2v) is 8.41. The van der Waals surface area contributed by atoms with Gasteiger partial charge in [0.1, 0.15) is 5.75 Å². The molecule has 0 aliphatic carbocycles. The van der Waals surface area contributed by atoms with Gasteiger partial charge in [0.05, 0.1) is 6.61 Å². The number of likely N-dealkylation sites (tertiary alicyclic amines) is 1. The lowest BCUT2D eigenvalue weighted by atomic mass is 9.96. The first-order valence-corrected chi connectivity index (χ1v) is 10.5. The first kappa shape index (κ1) is 19.4. The predicted octanol–water partition coefficient (Wildman–Crippen LogP) is 6.37. The van der Waals surface area contributed by atoms with E-state index in [2.05, 4.69) is 84.9 Å². The first-order valence-electron chi connectivity index (χ1n) is 9.72. The highest BCUT2D eigenvalue weighted by Crippen LogP contribution is 2.34. The van der Waals surface area contributed by atoms with Crippen LogP contribution in [0.15, 0.2) is 40.9 Å². The van der Waals surface area contributed by atoms with E-state index in [1.54, 1.807) is 0 Å². The van der Waals surface area contributed by atoms with Crippen LogP contribution in [0.2, 0.25) is 0 Å². The number of hydrogen-bond donors (Lipinski definition) is 0. The molecule has 0 spiro atoms. The van der Waals surface area contributed by atoms with Crippen molar-refractivity contribution in [1.29, 1.82) is 0 Å². The lowest BCUT2D eigenvalue weighted by molar-refractivity contribution is 0.191. The number of hydrogen-bond acceptors (Lipinski definition) is 2. The van der Waals surface area contributed by atoms with Gasteiger partial charge in [-0.3, -0.25) is 4.90 Å². The monoisotopic (exact) mass is 415 g/mol. The molecule has 1 saturated heterocycles. The molecule has 0 unspecified atom stereocenters. The van der Waals surface area contributed by atoms with E-state index in [-0.39, 0.29) is 0 Å². The van der Waals surface area contributed by atoms with Gasteiger partial charge in [0.25, 0.3) is 0 Å². The summed E-state index contributed by atoms with van der Waals surface area (Å²) in [7, 11) is 0. The number of benzene rings is 2. The quantitative estimate of drug-likeness (QED) is 0.507. The molecule has 2 atom stereocenters. The highest BCUT2D eigenvalue weighted by Gasteiger charge is 2.26. The van der Waals surface area contributed by atoms with Gasteiger partial charge < -0.3 is 4.74 Å². The van der Waals surface area contributed by atoms with Crippen molar-refractivity contribution in [3.05, 3.63) is 52.0 Å². The molecule has 0 radical (unpaired) electrons. The summed E-state index contributed by atoms with van der Waals surface area (Å²) in [5.41, 5.74) is 5.01. The van der Waals surface area contributed by atoms with Gasteiger partial charge in [-0.05, 0) is 81.3 Å². The zero-order chi connectivity index (χ0) is 18.7. The van der Waals surface area contributed by atoms with E-state index in [1.807, 2.05) is 0 Å². The lowest BCUT2D eigenvalue weighted by Gasteiger charge is -2.25. The van der Waals surface area contributed by atoms with Crippen LogP contribution in [-0.4, -0.2) is 30.1 Å². The molecule has 2 aromatic carbocycles. The minimum absolute atomic E-state index is 0.717. The van der Waals surface area contributed by atoms with E-state index in [4.69, 9.17) is 4.74 Å². The van der Waals surface area contributed by atoms with E-state index in [0.717, 1.165) is 41.9 Å². The zero-order valence-corrected chi connectivity index (χ0v) is 18.0. The Kier molecular flexibility index (Phi) is 6.42. The average molecular weight is 416 g/mol. The normalized spacial score (nSPS) is 20.5. The van der Waals surface area contributed by atoms with Gasteiger partial charge in [0, 0.05) is 23.1 Å². The Bertz CT molecular complexity index is 748. The van der Waals surface area contributed by atoms with Gasteiger partial charge in [0.2, 0.25) is 0 Å². The van der Waals surface area contributed by atoms with Crippen molar-refractivity contribution in [2.45, 2.75) is 59.0 Å². The van der Waals surface area contributed by atoms with Crippen LogP contribution >= 0.6 is 15.9 Å². The summed E-state index contributed by atoms with van der Waals surface area (Å²) in [4.78, 5) is 2.62. The van der Waals surface area contributed by atoms with E-state index in [9.17, 15) is 0 Å². The third-order valence-electron chi connectivity index (χ3n) is 5.79. The fraction of sp³-hybridized carbons (Fsp3) is 0.478. The number of ether oxygens (including phenoxy) is 1. The van der Waals surface area contributed by atoms with Crippen molar-refractivity contribution in [2.24, 2.45) is 0 Å². The minimum atomic E-state index is 0.717. The summed E-state index contributed by atoms with van der Waals surface area (Å²) in [6.07, 6.45) is 3.73. The van der Waals surface area contributed by atoms with Gasteiger partial charge in [0.15, 0.2) is 0 Å². The van der Waals surface area contributed by atoms with Crippen LogP contribution in [0.1, 0.15) is 44.2 Å². The summed E-state index contributed by atoms with van der Waals surface area (Å²) in [5, 5.41) is 0. The maximum atomic E-state index is 6.16. The van der Waals surface area contributed by atoms with Crippen LogP contribution < -0.4 is 4.74 Å². The highest BCUT2D eigenvalue weighted by atomic mass is 79.9. The molecule has 2 aromatic rings. The van der Waals surface area contributed by atoms with E-state index >= 15 is 0 Å². The van der Waals surface area contributed by atoms with Gasteiger partial charge in [-0.15, -0.1) is 0 Å². The summed E-state index contributed by atoms with van der Waals surface area (Å²) in [5.74, 6) is 1.00. The maximum absolute atomic E-state index is 6.16. The third kappa shape index (κ3) is 4.15. The second-order valence-electron chi connectivity index (χ2n) is 7.56. The Hall–Kier alpha value is -1.32. The Labute approximate surface area is 166 Å². The van der Waals surface area contributed by atoms with Crippen LogP contribution in [0, 0.1) is 13.8 Å². The second kappa shape index (κ2) is 8.58. The zero-order valence-electron chi connectivity index (χ0n) is 16.4. The standard InChI is InChI=1S/C23H30BrNO/c1-16-12-13-17(2)25(16)14-7-15-26-23-11-6-9-21(19(23)4)20-8-5-10-22(24)18(20)3/h5-6,8-11,16-17H,7,12-15H2,1-4H3/t16-,17-/m1/s1. The number of halogens is 1.